The van der Waals surface area contributed by atoms with Crippen molar-refractivity contribution in [2.24, 2.45) is 0 Å². The molecule has 17 heavy (non-hydrogen) atoms. The molecule has 2 aromatic rings. The minimum atomic E-state index is -0.547. The van der Waals surface area contributed by atoms with Gasteiger partial charge in [-0.15, -0.1) is 0 Å². The zero-order chi connectivity index (χ0) is 12.3. The van der Waals surface area contributed by atoms with Gasteiger partial charge in [0.25, 0.3) is 0 Å². The van der Waals surface area contributed by atoms with Crippen LogP contribution in [0.1, 0.15) is 0 Å². The summed E-state index contributed by atoms with van der Waals surface area (Å²) in [7, 11) is 0. The monoisotopic (exact) mass is 255 g/mol. The van der Waals surface area contributed by atoms with E-state index in [4.69, 9.17) is 11.6 Å². The molecule has 0 fully saturated rings. The van der Waals surface area contributed by atoms with Gasteiger partial charge in [-0.05, 0) is 18.2 Å². The number of benzene rings is 1. The van der Waals surface area contributed by atoms with E-state index in [1.54, 1.807) is 0 Å². The summed E-state index contributed by atoms with van der Waals surface area (Å²) in [5.74, 6) is -0.273. The second-order valence-electron chi connectivity index (χ2n) is 3.09. The van der Waals surface area contributed by atoms with E-state index in [9.17, 15) is 9.18 Å². The molecule has 5 nitrogen and oxygen atoms in total. The summed E-state index contributed by atoms with van der Waals surface area (Å²) in [6, 6.07) is 4.82. The Bertz CT molecular complexity index is 530. The number of hydrogen-bond acceptors (Lipinski definition) is 3. The van der Waals surface area contributed by atoms with Gasteiger partial charge in [0.1, 0.15) is 12.1 Å². The van der Waals surface area contributed by atoms with Crippen LogP contribution in [0.4, 0.5) is 20.7 Å². The number of urea groups is 1. The number of hydrogen-bond donors (Lipinski definition) is 2. The van der Waals surface area contributed by atoms with Crippen LogP contribution in [-0.2, 0) is 0 Å². The smallest absolute Gasteiger partial charge is 0.324 e. The molecule has 0 atom stereocenters. The van der Waals surface area contributed by atoms with Gasteiger partial charge >= 0.3 is 6.03 Å². The summed E-state index contributed by atoms with van der Waals surface area (Å²) in [4.78, 5) is 11.4. The van der Waals surface area contributed by atoms with E-state index >= 15 is 0 Å². The van der Waals surface area contributed by atoms with Crippen LogP contribution in [0.15, 0.2) is 35.1 Å². The zero-order valence-corrected chi connectivity index (χ0v) is 9.16. The van der Waals surface area contributed by atoms with E-state index < -0.39 is 11.8 Å². The molecule has 1 heterocycles. The number of amides is 2. The first-order valence-electron chi connectivity index (χ1n) is 4.58. The number of nitrogens with zero attached hydrogens (tertiary/aromatic N) is 1. The second kappa shape index (κ2) is 4.84. The molecule has 2 N–H and O–H groups in total. The molecule has 2 rings (SSSR count). The van der Waals surface area contributed by atoms with Crippen LogP contribution in [0, 0.1) is 5.82 Å². The van der Waals surface area contributed by atoms with Gasteiger partial charge < -0.3 is 9.84 Å². The fourth-order valence-electron chi connectivity index (χ4n) is 1.13. The molecule has 0 aliphatic carbocycles. The third-order valence-electron chi connectivity index (χ3n) is 1.86. The molecule has 1 aromatic carbocycles. The Balaban J connectivity index is 2.00. The van der Waals surface area contributed by atoms with Crippen LogP contribution in [0.3, 0.4) is 0 Å². The van der Waals surface area contributed by atoms with Crippen molar-refractivity contribution in [2.75, 3.05) is 10.6 Å². The highest BCUT2D eigenvalue weighted by molar-refractivity contribution is 6.31. The maximum atomic E-state index is 12.9. The number of nitrogens with one attached hydrogen (secondary N) is 2. The molecule has 0 saturated heterocycles. The van der Waals surface area contributed by atoms with Crippen molar-refractivity contribution in [3.05, 3.63) is 41.4 Å². The van der Waals surface area contributed by atoms with Gasteiger partial charge in [-0.3, -0.25) is 5.32 Å². The minimum Gasteiger partial charge on any atom is -0.363 e. The lowest BCUT2D eigenvalue weighted by Gasteiger charge is -2.05. The van der Waals surface area contributed by atoms with Crippen molar-refractivity contribution in [3.63, 3.8) is 0 Å². The molecule has 2 amide bonds. The second-order valence-corrected chi connectivity index (χ2v) is 3.50. The summed E-state index contributed by atoms with van der Waals surface area (Å²) < 4.78 is 17.4. The van der Waals surface area contributed by atoms with E-state index in [0.717, 1.165) is 6.07 Å². The Morgan fingerprint density at radius 2 is 2.18 bits per heavy atom. The van der Waals surface area contributed by atoms with Gasteiger partial charge in [-0.25, -0.2) is 9.18 Å². The highest BCUT2D eigenvalue weighted by atomic mass is 35.5. The lowest BCUT2D eigenvalue weighted by atomic mass is 10.3. The van der Waals surface area contributed by atoms with Crippen molar-refractivity contribution >= 4 is 29.1 Å². The van der Waals surface area contributed by atoms with Gasteiger partial charge in [-0.2, -0.15) is 0 Å². The quantitative estimate of drug-likeness (QED) is 0.866. The molecule has 1 aromatic heterocycles. The van der Waals surface area contributed by atoms with Gasteiger partial charge in [-0.1, -0.05) is 16.8 Å². The van der Waals surface area contributed by atoms with E-state index in [2.05, 4.69) is 20.3 Å². The number of carbonyl (C=O) groups is 1. The summed E-state index contributed by atoms with van der Waals surface area (Å²) >= 11 is 5.57. The largest absolute Gasteiger partial charge is 0.363 e. The first-order valence-corrected chi connectivity index (χ1v) is 4.96. The molecule has 0 saturated carbocycles. The number of carbonyl (C=O) groups excluding carboxylic acids is 1. The Kier molecular flexibility index (Phi) is 3.24. The van der Waals surface area contributed by atoms with Crippen molar-refractivity contribution in [3.8, 4) is 0 Å². The van der Waals surface area contributed by atoms with Crippen molar-refractivity contribution < 1.29 is 13.7 Å². The number of anilines is 2. The number of rotatable bonds is 2. The molecule has 0 aliphatic rings. The topological polar surface area (TPSA) is 67.2 Å². The lowest BCUT2D eigenvalue weighted by molar-refractivity contribution is 0.262. The Hall–Kier alpha value is -2.08. The number of halogens is 2. The van der Waals surface area contributed by atoms with Crippen LogP contribution in [-0.4, -0.2) is 11.2 Å². The predicted molar refractivity (Wildman–Crippen MR) is 60.6 cm³/mol. The first-order chi connectivity index (χ1) is 8.15. The van der Waals surface area contributed by atoms with E-state index in [0.29, 0.717) is 5.69 Å². The third kappa shape index (κ3) is 2.94. The summed E-state index contributed by atoms with van der Waals surface area (Å²) in [5.41, 5.74) is 0.373. The molecule has 0 unspecified atom stereocenters. The zero-order valence-electron chi connectivity index (χ0n) is 8.41. The molecule has 88 valence electrons. The molecule has 0 bridgehead atoms. The molecule has 0 aliphatic heterocycles. The standard InChI is InChI=1S/C10H7ClFN3O2/c11-7-5-6(1-2-8(7)12)13-10(16)14-9-3-4-17-15-9/h1-5H,(H2,13,14,15,16). The highest BCUT2D eigenvalue weighted by Crippen LogP contribution is 2.19. The van der Waals surface area contributed by atoms with E-state index in [1.807, 2.05) is 0 Å². The minimum absolute atomic E-state index is 0.0655. The van der Waals surface area contributed by atoms with Crippen molar-refractivity contribution in [2.45, 2.75) is 0 Å². The fourth-order valence-corrected chi connectivity index (χ4v) is 1.31. The molecule has 0 radical (unpaired) electrons. The van der Waals surface area contributed by atoms with Crippen molar-refractivity contribution in [1.82, 2.24) is 5.16 Å². The maximum absolute atomic E-state index is 12.9. The van der Waals surface area contributed by atoms with Crippen molar-refractivity contribution in [1.29, 1.82) is 0 Å². The summed E-state index contributed by atoms with van der Waals surface area (Å²) in [6.07, 6.45) is 1.32. The third-order valence-corrected chi connectivity index (χ3v) is 2.15. The molecule has 7 heteroatoms. The normalized spacial score (nSPS) is 10.0. The summed E-state index contributed by atoms with van der Waals surface area (Å²) in [6.45, 7) is 0. The Morgan fingerprint density at radius 3 is 2.82 bits per heavy atom. The molecule has 0 spiro atoms. The van der Waals surface area contributed by atoms with Crippen LogP contribution in [0.2, 0.25) is 5.02 Å². The van der Waals surface area contributed by atoms with Crippen LogP contribution in [0.5, 0.6) is 0 Å². The highest BCUT2D eigenvalue weighted by Gasteiger charge is 2.06. The van der Waals surface area contributed by atoms with Gasteiger partial charge in [0.2, 0.25) is 0 Å². The van der Waals surface area contributed by atoms with E-state index in [1.165, 1.54) is 24.5 Å². The average molecular weight is 256 g/mol. The first kappa shape index (κ1) is 11.4. The molecular formula is C10H7ClFN3O2. The van der Waals surface area contributed by atoms with Gasteiger partial charge in [0.05, 0.1) is 5.02 Å². The lowest BCUT2D eigenvalue weighted by Crippen LogP contribution is -2.19. The van der Waals surface area contributed by atoms with Gasteiger partial charge in [0, 0.05) is 11.8 Å². The Morgan fingerprint density at radius 1 is 1.35 bits per heavy atom. The SMILES string of the molecule is O=C(Nc1ccc(F)c(Cl)c1)Nc1ccon1. The summed E-state index contributed by atoms with van der Waals surface area (Å²) in [5, 5.41) is 8.31. The van der Waals surface area contributed by atoms with Crippen LogP contribution in [0.25, 0.3) is 0 Å². The van der Waals surface area contributed by atoms with Gasteiger partial charge in [0.15, 0.2) is 5.82 Å². The maximum Gasteiger partial charge on any atom is 0.324 e. The average Bonchev–Trinajstić information content (AvgIpc) is 2.76. The molecular weight excluding hydrogens is 249 g/mol. The fraction of sp³-hybridized carbons (Fsp3) is 0. The predicted octanol–water partition coefficient (Wildman–Crippen LogP) is 3.11. The number of aromatic nitrogens is 1. The van der Waals surface area contributed by atoms with E-state index in [-0.39, 0.29) is 10.8 Å². The van der Waals surface area contributed by atoms with Crippen LogP contribution < -0.4 is 10.6 Å². The Labute approximate surface area is 101 Å². The van der Waals surface area contributed by atoms with Crippen LogP contribution >= 0.6 is 11.6 Å².